The van der Waals surface area contributed by atoms with Gasteiger partial charge in [0.25, 0.3) is 0 Å². The summed E-state index contributed by atoms with van der Waals surface area (Å²) in [4.78, 5) is 4.21. The van der Waals surface area contributed by atoms with Crippen molar-refractivity contribution in [3.8, 4) is 5.69 Å². The molecule has 3 rings (SSSR count). The van der Waals surface area contributed by atoms with Crippen molar-refractivity contribution in [1.29, 1.82) is 0 Å². The zero-order valence-corrected chi connectivity index (χ0v) is 11.8. The number of aromatic nitrogens is 2. The molecule has 106 valence electrons. The first-order valence-electron chi connectivity index (χ1n) is 6.74. The van der Waals surface area contributed by atoms with Crippen LogP contribution in [-0.4, -0.2) is 30.3 Å². The lowest BCUT2D eigenvalue weighted by Gasteiger charge is -2.20. The summed E-state index contributed by atoms with van der Waals surface area (Å²) in [6.07, 6.45) is 4.24. The Kier molecular flexibility index (Phi) is 3.82. The van der Waals surface area contributed by atoms with E-state index in [1.54, 1.807) is 26.7 Å². The van der Waals surface area contributed by atoms with E-state index >= 15 is 0 Å². The van der Waals surface area contributed by atoms with Crippen LogP contribution >= 0.6 is 0 Å². The van der Waals surface area contributed by atoms with E-state index in [4.69, 9.17) is 9.47 Å². The zero-order chi connectivity index (χ0) is 13.9. The molecular weight excluding hydrogens is 254 g/mol. The maximum absolute atomic E-state index is 5.32. The largest absolute Gasteiger partial charge is 0.350 e. The Bertz CT molecular complexity index is 591. The van der Waals surface area contributed by atoms with E-state index in [0.29, 0.717) is 0 Å². The van der Waals surface area contributed by atoms with Gasteiger partial charge >= 0.3 is 0 Å². The molecule has 0 aliphatic carbocycles. The van der Waals surface area contributed by atoms with Crippen molar-refractivity contribution in [3.63, 3.8) is 0 Å². The molecule has 5 nitrogen and oxygen atoms in total. The predicted molar refractivity (Wildman–Crippen MR) is 75.7 cm³/mol. The number of hydrogen-bond donors (Lipinski definition) is 1. The van der Waals surface area contributed by atoms with Crippen LogP contribution in [0.25, 0.3) is 5.69 Å². The lowest BCUT2D eigenvalue weighted by molar-refractivity contribution is -0.109. The molecule has 0 radical (unpaired) electrons. The van der Waals surface area contributed by atoms with Crippen molar-refractivity contribution >= 4 is 0 Å². The monoisotopic (exact) mass is 273 g/mol. The summed E-state index contributed by atoms with van der Waals surface area (Å²) in [6, 6.07) is 6.52. The van der Waals surface area contributed by atoms with E-state index in [0.717, 1.165) is 30.9 Å². The maximum Gasteiger partial charge on any atom is 0.200 e. The van der Waals surface area contributed by atoms with E-state index in [2.05, 4.69) is 28.5 Å². The van der Waals surface area contributed by atoms with Crippen molar-refractivity contribution in [3.05, 3.63) is 47.5 Å². The molecule has 0 atom stereocenters. The van der Waals surface area contributed by atoms with E-state index in [1.807, 2.05) is 4.57 Å². The molecule has 2 heterocycles. The molecule has 0 saturated heterocycles. The molecule has 1 aromatic heterocycles. The first kappa shape index (κ1) is 13.3. The van der Waals surface area contributed by atoms with Crippen molar-refractivity contribution in [1.82, 2.24) is 14.9 Å². The fourth-order valence-corrected chi connectivity index (χ4v) is 2.65. The maximum atomic E-state index is 5.32. The SMILES string of the molecule is COC(OC)c1cncn1-c1ccc2c(c1)CNCC2. The molecule has 0 unspecified atom stereocenters. The smallest absolute Gasteiger partial charge is 0.200 e. The second-order valence-corrected chi connectivity index (χ2v) is 4.87. The third kappa shape index (κ3) is 2.35. The summed E-state index contributed by atoms with van der Waals surface area (Å²) in [7, 11) is 3.25. The van der Waals surface area contributed by atoms with Crippen LogP contribution in [0.2, 0.25) is 0 Å². The Balaban J connectivity index is 1.99. The molecule has 0 fully saturated rings. The number of imidazole rings is 1. The van der Waals surface area contributed by atoms with Gasteiger partial charge in [0.15, 0.2) is 0 Å². The number of benzene rings is 1. The van der Waals surface area contributed by atoms with E-state index < -0.39 is 6.29 Å². The van der Waals surface area contributed by atoms with Crippen LogP contribution in [0.1, 0.15) is 23.1 Å². The van der Waals surface area contributed by atoms with Crippen LogP contribution in [0.5, 0.6) is 0 Å². The zero-order valence-electron chi connectivity index (χ0n) is 11.8. The number of rotatable bonds is 4. The van der Waals surface area contributed by atoms with Gasteiger partial charge in [0.05, 0.1) is 18.2 Å². The highest BCUT2D eigenvalue weighted by atomic mass is 16.7. The Labute approximate surface area is 118 Å². The van der Waals surface area contributed by atoms with Crippen LogP contribution in [-0.2, 0) is 22.4 Å². The average molecular weight is 273 g/mol. The van der Waals surface area contributed by atoms with Crippen LogP contribution < -0.4 is 5.32 Å². The van der Waals surface area contributed by atoms with Gasteiger partial charge in [0, 0.05) is 26.5 Å². The fraction of sp³-hybridized carbons (Fsp3) is 0.400. The minimum absolute atomic E-state index is 0.411. The van der Waals surface area contributed by atoms with Crippen molar-refractivity contribution in [2.24, 2.45) is 0 Å². The summed E-state index contributed by atoms with van der Waals surface area (Å²) < 4.78 is 12.7. The summed E-state index contributed by atoms with van der Waals surface area (Å²) in [5, 5.41) is 3.40. The third-order valence-corrected chi connectivity index (χ3v) is 3.69. The van der Waals surface area contributed by atoms with Gasteiger partial charge < -0.3 is 14.8 Å². The molecule has 1 aromatic carbocycles. The number of nitrogens with zero attached hydrogens (tertiary/aromatic N) is 2. The summed E-state index contributed by atoms with van der Waals surface area (Å²) in [6.45, 7) is 1.98. The number of ether oxygens (including phenoxy) is 2. The highest BCUT2D eigenvalue weighted by Crippen LogP contribution is 2.23. The Morgan fingerprint density at radius 1 is 1.25 bits per heavy atom. The first-order valence-corrected chi connectivity index (χ1v) is 6.74. The molecule has 2 aromatic rings. The Morgan fingerprint density at radius 2 is 2.10 bits per heavy atom. The molecular formula is C15H19N3O2. The summed E-state index contributed by atoms with van der Waals surface area (Å²) in [5.41, 5.74) is 4.74. The van der Waals surface area contributed by atoms with Gasteiger partial charge in [-0.05, 0) is 36.2 Å². The summed E-state index contributed by atoms with van der Waals surface area (Å²) >= 11 is 0. The van der Waals surface area contributed by atoms with Crippen molar-refractivity contribution in [2.75, 3.05) is 20.8 Å². The Hall–Kier alpha value is -1.69. The quantitative estimate of drug-likeness (QED) is 0.863. The van der Waals surface area contributed by atoms with Gasteiger partial charge in [-0.3, -0.25) is 4.57 Å². The van der Waals surface area contributed by atoms with Gasteiger partial charge in [-0.15, -0.1) is 0 Å². The van der Waals surface area contributed by atoms with Gasteiger partial charge in [0.1, 0.15) is 0 Å². The molecule has 5 heteroatoms. The van der Waals surface area contributed by atoms with Crippen molar-refractivity contribution in [2.45, 2.75) is 19.3 Å². The molecule has 1 N–H and O–H groups in total. The molecule has 0 bridgehead atoms. The second kappa shape index (κ2) is 5.75. The molecule has 0 saturated carbocycles. The predicted octanol–water partition coefficient (Wildman–Crippen LogP) is 1.81. The molecule has 0 spiro atoms. The van der Waals surface area contributed by atoms with Gasteiger partial charge in [-0.2, -0.15) is 0 Å². The second-order valence-electron chi connectivity index (χ2n) is 4.87. The van der Waals surface area contributed by atoms with Crippen LogP contribution in [0.15, 0.2) is 30.7 Å². The van der Waals surface area contributed by atoms with Crippen LogP contribution in [0.4, 0.5) is 0 Å². The first-order chi connectivity index (χ1) is 9.83. The standard InChI is InChI=1S/C15H19N3O2/c1-19-15(20-2)14-9-17-10-18(14)13-4-3-11-5-6-16-8-12(11)7-13/h3-4,7,9-10,15-16H,5-6,8H2,1-2H3. The molecule has 0 amide bonds. The fourth-order valence-electron chi connectivity index (χ4n) is 2.65. The lowest BCUT2D eigenvalue weighted by Crippen LogP contribution is -2.23. The van der Waals surface area contributed by atoms with Gasteiger partial charge in [-0.1, -0.05) is 6.07 Å². The molecule has 1 aliphatic heterocycles. The lowest BCUT2D eigenvalue weighted by atomic mass is 10.0. The van der Waals surface area contributed by atoms with E-state index in [1.165, 1.54) is 11.1 Å². The molecule has 1 aliphatic rings. The van der Waals surface area contributed by atoms with Crippen LogP contribution in [0.3, 0.4) is 0 Å². The minimum atomic E-state index is -0.411. The van der Waals surface area contributed by atoms with Crippen LogP contribution in [0, 0.1) is 0 Å². The average Bonchev–Trinajstić information content (AvgIpc) is 2.97. The highest BCUT2D eigenvalue weighted by Gasteiger charge is 2.16. The van der Waals surface area contributed by atoms with Gasteiger partial charge in [-0.25, -0.2) is 4.98 Å². The highest BCUT2D eigenvalue weighted by molar-refractivity contribution is 5.42. The van der Waals surface area contributed by atoms with E-state index in [9.17, 15) is 0 Å². The Morgan fingerprint density at radius 3 is 2.90 bits per heavy atom. The summed E-state index contributed by atoms with van der Waals surface area (Å²) in [5.74, 6) is 0. The number of hydrogen-bond acceptors (Lipinski definition) is 4. The normalized spacial score (nSPS) is 14.6. The number of methoxy groups -OCH3 is 2. The topological polar surface area (TPSA) is 48.3 Å². The molecule has 20 heavy (non-hydrogen) atoms. The van der Waals surface area contributed by atoms with E-state index in [-0.39, 0.29) is 0 Å². The van der Waals surface area contributed by atoms with Gasteiger partial charge in [0.2, 0.25) is 6.29 Å². The van der Waals surface area contributed by atoms with Crippen molar-refractivity contribution < 1.29 is 9.47 Å². The third-order valence-electron chi connectivity index (χ3n) is 3.69. The number of nitrogens with one attached hydrogen (secondary N) is 1. The minimum Gasteiger partial charge on any atom is -0.350 e. The number of fused-ring (bicyclic) bond motifs is 1.